The van der Waals surface area contributed by atoms with Gasteiger partial charge in [-0.15, -0.1) is 0 Å². The van der Waals surface area contributed by atoms with Gasteiger partial charge in [0.25, 0.3) is 0 Å². The van der Waals surface area contributed by atoms with Crippen molar-refractivity contribution in [3.8, 4) is 22.9 Å². The molecule has 13 heteroatoms. The molecule has 0 saturated carbocycles. The number of fused-ring (bicyclic) bond motifs is 7. The summed E-state index contributed by atoms with van der Waals surface area (Å²) in [5.74, 6) is -0.506. The second kappa shape index (κ2) is 13.3. The van der Waals surface area contributed by atoms with Crippen LogP contribution in [0.2, 0.25) is 0 Å². The van der Waals surface area contributed by atoms with E-state index < -0.39 is 23.3 Å². The first kappa shape index (κ1) is 34.6. The number of benzene rings is 3. The fourth-order valence-corrected chi connectivity index (χ4v) is 10.1. The van der Waals surface area contributed by atoms with Crippen molar-refractivity contribution in [3.63, 3.8) is 0 Å². The second-order valence-electron chi connectivity index (χ2n) is 15.5. The van der Waals surface area contributed by atoms with Crippen LogP contribution in [0, 0.1) is 11.6 Å². The molecule has 4 fully saturated rings. The molecule has 6 heterocycles. The lowest BCUT2D eigenvalue weighted by atomic mass is 9.90. The van der Waals surface area contributed by atoms with Crippen molar-refractivity contribution in [2.45, 2.75) is 75.7 Å². The number of nitrogens with zero attached hydrogens (tertiary/aromatic N) is 7. The molecule has 10 nitrogen and oxygen atoms in total. The lowest BCUT2D eigenvalue weighted by Gasteiger charge is -2.42. The highest BCUT2D eigenvalue weighted by molar-refractivity contribution is 6.18. The van der Waals surface area contributed by atoms with E-state index in [9.17, 15) is 9.50 Å². The predicted molar refractivity (Wildman–Crippen MR) is 198 cm³/mol. The lowest BCUT2D eigenvalue weighted by Crippen LogP contribution is -2.54. The molecule has 4 atom stereocenters. The number of piperazine rings is 1. The summed E-state index contributed by atoms with van der Waals surface area (Å²) in [6.45, 7) is 6.60. The molecule has 2 aromatic heterocycles. The molecule has 0 spiro atoms. The third-order valence-corrected chi connectivity index (χ3v) is 12.3. The van der Waals surface area contributed by atoms with E-state index in [2.05, 4.69) is 14.7 Å². The Morgan fingerprint density at radius 2 is 1.85 bits per heavy atom. The van der Waals surface area contributed by atoms with E-state index in [0.29, 0.717) is 70.0 Å². The summed E-state index contributed by atoms with van der Waals surface area (Å²) in [5.41, 5.74) is 0.906. The number of anilines is 1. The highest BCUT2D eigenvalue weighted by atomic mass is 19.1. The van der Waals surface area contributed by atoms with Gasteiger partial charge >= 0.3 is 6.01 Å². The topological polar surface area (TPSA) is 92.0 Å². The molecule has 0 amide bonds. The Labute approximate surface area is 306 Å². The van der Waals surface area contributed by atoms with Crippen LogP contribution in [-0.4, -0.2) is 111 Å². The summed E-state index contributed by atoms with van der Waals surface area (Å²) in [7, 11) is 3.51. The average Bonchev–Trinajstić information content (AvgIpc) is 3.86. The number of phenols is 1. The summed E-state index contributed by atoms with van der Waals surface area (Å²) >= 11 is 0. The van der Waals surface area contributed by atoms with Crippen LogP contribution in [0.1, 0.15) is 51.0 Å². The SMILES string of the molecule is CCc1c(F)ccc2cc(O)cc(-c3c(F)c4nc(OC[C@@]56CCCN5C[C@H](F)C6)nc(N5[C@@H]6CC[C@H]5CN(CCCOC)C6)c4c4cn(C)nc34)c12. The molecular weight excluding hydrogens is 683 g/mol. The maximum atomic E-state index is 17.8. The van der Waals surface area contributed by atoms with Gasteiger partial charge in [-0.1, -0.05) is 13.0 Å². The van der Waals surface area contributed by atoms with Crippen molar-refractivity contribution in [2.75, 3.05) is 57.9 Å². The molecule has 3 aromatic carbocycles. The Morgan fingerprint density at radius 3 is 2.62 bits per heavy atom. The summed E-state index contributed by atoms with van der Waals surface area (Å²) in [6.07, 6.45) is 6.37. The van der Waals surface area contributed by atoms with E-state index in [4.69, 9.17) is 24.5 Å². The average molecular weight is 730 g/mol. The van der Waals surface area contributed by atoms with Crippen molar-refractivity contribution in [1.29, 1.82) is 0 Å². The first-order valence-corrected chi connectivity index (χ1v) is 19.0. The number of aryl methyl sites for hydroxylation is 2. The molecule has 280 valence electrons. The highest BCUT2D eigenvalue weighted by Gasteiger charge is 2.49. The fourth-order valence-electron chi connectivity index (χ4n) is 10.1. The number of ether oxygens (including phenoxy) is 2. The minimum Gasteiger partial charge on any atom is -0.508 e. The first-order chi connectivity index (χ1) is 25.7. The Morgan fingerprint density at radius 1 is 1.04 bits per heavy atom. The molecule has 5 aromatic rings. The number of aromatic nitrogens is 4. The third kappa shape index (κ3) is 5.69. The van der Waals surface area contributed by atoms with E-state index in [1.54, 1.807) is 31.0 Å². The highest BCUT2D eigenvalue weighted by Crippen LogP contribution is 2.47. The van der Waals surface area contributed by atoms with Crippen LogP contribution in [0.25, 0.3) is 43.7 Å². The van der Waals surface area contributed by atoms with Crippen LogP contribution in [0.4, 0.5) is 19.0 Å². The largest absolute Gasteiger partial charge is 0.508 e. The van der Waals surface area contributed by atoms with Gasteiger partial charge in [0.1, 0.15) is 41.2 Å². The molecule has 4 aliphatic heterocycles. The molecule has 53 heavy (non-hydrogen) atoms. The number of halogens is 3. The number of hydrogen-bond acceptors (Lipinski definition) is 9. The van der Waals surface area contributed by atoms with E-state index >= 15 is 8.78 Å². The summed E-state index contributed by atoms with van der Waals surface area (Å²) in [6, 6.07) is 6.39. The molecule has 1 N–H and O–H groups in total. The monoisotopic (exact) mass is 729 g/mol. The fraction of sp³-hybridized carbons (Fsp3) is 0.525. The normalized spacial score (nSPS) is 24.7. The van der Waals surface area contributed by atoms with Gasteiger partial charge in [-0.3, -0.25) is 14.5 Å². The molecule has 0 radical (unpaired) electrons. The molecule has 0 aliphatic carbocycles. The smallest absolute Gasteiger partial charge is 0.319 e. The van der Waals surface area contributed by atoms with Gasteiger partial charge in [-0.25, -0.2) is 13.2 Å². The van der Waals surface area contributed by atoms with Crippen LogP contribution in [0.5, 0.6) is 11.8 Å². The number of hydrogen-bond donors (Lipinski definition) is 1. The van der Waals surface area contributed by atoms with Gasteiger partial charge in [0.05, 0.1) is 10.9 Å². The van der Waals surface area contributed by atoms with Crippen LogP contribution in [0.15, 0.2) is 30.5 Å². The van der Waals surface area contributed by atoms with Crippen molar-refractivity contribution < 1.29 is 27.8 Å². The van der Waals surface area contributed by atoms with Gasteiger partial charge in [-0.05, 0) is 85.2 Å². The van der Waals surface area contributed by atoms with E-state index in [1.807, 2.05) is 13.1 Å². The van der Waals surface area contributed by atoms with Gasteiger partial charge in [0, 0.05) is 82.6 Å². The summed E-state index contributed by atoms with van der Waals surface area (Å²) < 4.78 is 61.3. The van der Waals surface area contributed by atoms with Crippen molar-refractivity contribution in [1.82, 2.24) is 29.5 Å². The summed E-state index contributed by atoms with van der Waals surface area (Å²) in [4.78, 5) is 16.9. The number of phenolic OH excluding ortho intramolecular Hbond substituents is 1. The number of alkyl halides is 1. The van der Waals surface area contributed by atoms with Gasteiger partial charge in [0.2, 0.25) is 0 Å². The number of likely N-dealkylation sites (tertiary alicyclic amines) is 1. The Bertz CT molecular complexity index is 2220. The van der Waals surface area contributed by atoms with Crippen molar-refractivity contribution in [2.24, 2.45) is 7.05 Å². The van der Waals surface area contributed by atoms with E-state index in [0.717, 1.165) is 58.3 Å². The minimum absolute atomic E-state index is 0.0482. The maximum absolute atomic E-state index is 17.8. The molecule has 0 unspecified atom stereocenters. The molecular formula is C40H46F3N7O3. The molecule has 9 rings (SSSR count). The van der Waals surface area contributed by atoms with E-state index in [-0.39, 0.29) is 41.5 Å². The van der Waals surface area contributed by atoms with Gasteiger partial charge in [0.15, 0.2) is 5.82 Å². The minimum atomic E-state index is -0.920. The van der Waals surface area contributed by atoms with Crippen LogP contribution in [0.3, 0.4) is 0 Å². The van der Waals surface area contributed by atoms with Crippen LogP contribution in [-0.2, 0) is 18.2 Å². The van der Waals surface area contributed by atoms with Gasteiger partial charge < -0.3 is 19.5 Å². The van der Waals surface area contributed by atoms with Crippen LogP contribution < -0.4 is 9.64 Å². The summed E-state index contributed by atoms with van der Waals surface area (Å²) in [5, 5.41) is 18.0. The lowest BCUT2D eigenvalue weighted by molar-refractivity contribution is 0.107. The maximum Gasteiger partial charge on any atom is 0.319 e. The molecule has 2 bridgehead atoms. The molecule has 4 saturated heterocycles. The number of rotatable bonds is 10. The number of aromatic hydroxyl groups is 1. The zero-order chi connectivity index (χ0) is 36.6. The Hall–Kier alpha value is -4.20. The first-order valence-electron chi connectivity index (χ1n) is 19.0. The number of methoxy groups -OCH3 is 1. The predicted octanol–water partition coefficient (Wildman–Crippen LogP) is 6.53. The third-order valence-electron chi connectivity index (χ3n) is 12.3. The Kier molecular flexibility index (Phi) is 8.66. The Balaban J connectivity index is 1.25. The van der Waals surface area contributed by atoms with E-state index in [1.165, 1.54) is 12.1 Å². The quantitative estimate of drug-likeness (QED) is 0.161. The standard InChI is InChI=1S/C40H46F3N7O3/c1-4-28-31(42)10-7-23-15-27(51)16-29(32(23)28)33-35(43)37-34(30-21-47(2)46-36(30)33)38(50-25-8-9-26(50)20-48(19-25)12-6-14-52-3)45-39(44-37)53-22-40-11-5-13-49(40)18-24(41)17-40/h7,10,15-16,21,24-26,51H,4-6,8-9,11-14,17-20,22H2,1-3H3/t24-,25-,26+,40+/m1/s1. The zero-order valence-electron chi connectivity index (χ0n) is 30.5. The molecule has 4 aliphatic rings. The van der Waals surface area contributed by atoms with Gasteiger partial charge in [-0.2, -0.15) is 15.1 Å². The van der Waals surface area contributed by atoms with Crippen molar-refractivity contribution >= 4 is 38.4 Å². The second-order valence-corrected chi connectivity index (χ2v) is 15.5. The van der Waals surface area contributed by atoms with Crippen LogP contribution >= 0.6 is 0 Å². The zero-order valence-corrected chi connectivity index (χ0v) is 30.5. The van der Waals surface area contributed by atoms with Crippen molar-refractivity contribution in [3.05, 3.63) is 47.7 Å².